The Balaban J connectivity index is 1.66. The maximum Gasteiger partial charge on any atom is 0.227 e. The highest BCUT2D eigenvalue weighted by atomic mass is 19.1. The Hall–Kier alpha value is -1.42. The van der Waals surface area contributed by atoms with Gasteiger partial charge in [-0.15, -0.1) is 0 Å². The molecule has 102 valence electrons. The summed E-state index contributed by atoms with van der Waals surface area (Å²) >= 11 is 0. The minimum atomic E-state index is -0.258. The summed E-state index contributed by atoms with van der Waals surface area (Å²) in [6.45, 7) is 5.04. The number of nitrogens with one attached hydrogen (secondary N) is 1. The first kappa shape index (κ1) is 12.6. The SMILES string of the molecule is CC1C2CNCC2CN1C(=O)Cc1ccc(F)cc1. The Bertz CT molecular complexity index is 474. The zero-order valence-corrected chi connectivity index (χ0v) is 11.1. The van der Waals surface area contributed by atoms with Gasteiger partial charge < -0.3 is 10.2 Å². The van der Waals surface area contributed by atoms with Crippen molar-refractivity contribution in [3.8, 4) is 0 Å². The fourth-order valence-electron chi connectivity index (χ4n) is 3.38. The van der Waals surface area contributed by atoms with Crippen LogP contribution >= 0.6 is 0 Å². The van der Waals surface area contributed by atoms with Gasteiger partial charge in [0, 0.05) is 25.7 Å². The summed E-state index contributed by atoms with van der Waals surface area (Å²) < 4.78 is 12.8. The lowest BCUT2D eigenvalue weighted by Gasteiger charge is -2.24. The minimum Gasteiger partial charge on any atom is -0.339 e. The van der Waals surface area contributed by atoms with Crippen LogP contribution < -0.4 is 5.32 Å². The van der Waals surface area contributed by atoms with Gasteiger partial charge in [0.05, 0.1) is 6.42 Å². The zero-order valence-electron chi connectivity index (χ0n) is 11.1. The van der Waals surface area contributed by atoms with Crippen LogP contribution in [-0.4, -0.2) is 36.5 Å². The van der Waals surface area contributed by atoms with Crippen LogP contribution in [0.5, 0.6) is 0 Å². The smallest absolute Gasteiger partial charge is 0.227 e. The molecule has 0 radical (unpaired) electrons. The van der Waals surface area contributed by atoms with Crippen molar-refractivity contribution in [2.75, 3.05) is 19.6 Å². The van der Waals surface area contributed by atoms with Gasteiger partial charge in [0.1, 0.15) is 5.82 Å². The molecule has 0 spiro atoms. The Morgan fingerprint density at radius 1 is 1.37 bits per heavy atom. The first-order valence-corrected chi connectivity index (χ1v) is 6.90. The van der Waals surface area contributed by atoms with Crippen LogP contribution in [0.1, 0.15) is 12.5 Å². The third-order valence-corrected chi connectivity index (χ3v) is 4.52. The van der Waals surface area contributed by atoms with E-state index in [0.717, 1.165) is 25.2 Å². The number of benzene rings is 1. The molecule has 0 bridgehead atoms. The fraction of sp³-hybridized carbons (Fsp3) is 0.533. The molecule has 1 aromatic rings. The molecule has 2 saturated heterocycles. The molecule has 1 N–H and O–H groups in total. The molecule has 2 heterocycles. The van der Waals surface area contributed by atoms with Gasteiger partial charge in [-0.25, -0.2) is 4.39 Å². The topological polar surface area (TPSA) is 32.3 Å². The summed E-state index contributed by atoms with van der Waals surface area (Å²) in [6.07, 6.45) is 0.373. The molecule has 3 unspecified atom stereocenters. The molecule has 0 aliphatic carbocycles. The first-order chi connectivity index (χ1) is 9.15. The first-order valence-electron chi connectivity index (χ1n) is 6.90. The minimum absolute atomic E-state index is 0.161. The average molecular weight is 262 g/mol. The van der Waals surface area contributed by atoms with E-state index in [0.29, 0.717) is 24.3 Å². The van der Waals surface area contributed by atoms with Crippen molar-refractivity contribution in [3.63, 3.8) is 0 Å². The summed E-state index contributed by atoms with van der Waals surface area (Å²) in [4.78, 5) is 14.4. The summed E-state index contributed by atoms with van der Waals surface area (Å²) in [5.41, 5.74) is 0.883. The second-order valence-electron chi connectivity index (χ2n) is 5.67. The van der Waals surface area contributed by atoms with Crippen LogP contribution in [0.3, 0.4) is 0 Å². The second kappa shape index (κ2) is 4.93. The molecule has 0 saturated carbocycles. The van der Waals surface area contributed by atoms with Crippen LogP contribution in [-0.2, 0) is 11.2 Å². The van der Waals surface area contributed by atoms with E-state index in [4.69, 9.17) is 0 Å². The second-order valence-corrected chi connectivity index (χ2v) is 5.67. The molecular weight excluding hydrogens is 243 g/mol. The average Bonchev–Trinajstić information content (AvgIpc) is 2.96. The summed E-state index contributed by atoms with van der Waals surface area (Å²) in [5, 5.41) is 3.39. The molecule has 1 aromatic carbocycles. The number of halogens is 1. The van der Waals surface area contributed by atoms with Crippen LogP contribution in [0.15, 0.2) is 24.3 Å². The van der Waals surface area contributed by atoms with Crippen LogP contribution in [0.25, 0.3) is 0 Å². The van der Waals surface area contributed by atoms with E-state index in [1.54, 1.807) is 12.1 Å². The number of rotatable bonds is 2. The molecule has 0 aromatic heterocycles. The number of hydrogen-bond acceptors (Lipinski definition) is 2. The number of carbonyl (C=O) groups is 1. The van der Waals surface area contributed by atoms with Crippen LogP contribution in [0.4, 0.5) is 4.39 Å². The molecular formula is C15H19FN2O. The van der Waals surface area contributed by atoms with E-state index in [-0.39, 0.29) is 11.7 Å². The number of fused-ring (bicyclic) bond motifs is 1. The van der Waals surface area contributed by atoms with Crippen molar-refractivity contribution < 1.29 is 9.18 Å². The molecule has 2 aliphatic rings. The molecule has 2 aliphatic heterocycles. The Morgan fingerprint density at radius 2 is 2.11 bits per heavy atom. The lowest BCUT2D eigenvalue weighted by Crippen LogP contribution is -2.38. The van der Waals surface area contributed by atoms with Gasteiger partial charge in [-0.2, -0.15) is 0 Å². The summed E-state index contributed by atoms with van der Waals surface area (Å²) in [6, 6.07) is 6.52. The standard InChI is InChI=1S/C15H19FN2O/c1-10-14-8-17-7-12(14)9-18(10)15(19)6-11-2-4-13(16)5-3-11/h2-5,10,12,14,17H,6-9H2,1H3. The van der Waals surface area contributed by atoms with Crippen molar-refractivity contribution in [2.24, 2.45) is 11.8 Å². The van der Waals surface area contributed by atoms with Crippen LogP contribution in [0, 0.1) is 17.7 Å². The van der Waals surface area contributed by atoms with E-state index in [2.05, 4.69) is 12.2 Å². The third kappa shape index (κ3) is 2.37. The van der Waals surface area contributed by atoms with Gasteiger partial charge in [0.25, 0.3) is 0 Å². The Kier molecular flexibility index (Phi) is 3.27. The number of nitrogens with zero attached hydrogens (tertiary/aromatic N) is 1. The normalized spacial score (nSPS) is 29.6. The predicted molar refractivity (Wildman–Crippen MR) is 71.1 cm³/mol. The van der Waals surface area contributed by atoms with Crippen molar-refractivity contribution in [2.45, 2.75) is 19.4 Å². The number of likely N-dealkylation sites (tertiary alicyclic amines) is 1. The van der Waals surface area contributed by atoms with E-state index in [1.165, 1.54) is 12.1 Å². The lowest BCUT2D eigenvalue weighted by atomic mass is 9.95. The predicted octanol–water partition coefficient (Wildman–Crippen LogP) is 1.43. The van der Waals surface area contributed by atoms with Gasteiger partial charge in [-0.05, 0) is 36.5 Å². The van der Waals surface area contributed by atoms with Gasteiger partial charge in [-0.1, -0.05) is 12.1 Å². The molecule has 3 nitrogen and oxygen atoms in total. The molecule has 3 atom stereocenters. The highest BCUT2D eigenvalue weighted by molar-refractivity contribution is 5.79. The van der Waals surface area contributed by atoms with E-state index >= 15 is 0 Å². The number of carbonyl (C=O) groups excluding carboxylic acids is 1. The van der Waals surface area contributed by atoms with Gasteiger partial charge in [0.2, 0.25) is 5.91 Å². The molecule has 3 rings (SSSR count). The maximum absolute atomic E-state index is 12.8. The van der Waals surface area contributed by atoms with Crippen molar-refractivity contribution in [1.82, 2.24) is 10.2 Å². The van der Waals surface area contributed by atoms with E-state index in [1.807, 2.05) is 4.90 Å². The van der Waals surface area contributed by atoms with Crippen molar-refractivity contribution in [1.29, 1.82) is 0 Å². The maximum atomic E-state index is 12.8. The summed E-state index contributed by atoms with van der Waals surface area (Å²) in [5.74, 6) is 1.10. The fourth-order valence-corrected chi connectivity index (χ4v) is 3.38. The van der Waals surface area contributed by atoms with E-state index < -0.39 is 0 Å². The Morgan fingerprint density at radius 3 is 2.79 bits per heavy atom. The molecule has 4 heteroatoms. The van der Waals surface area contributed by atoms with Crippen molar-refractivity contribution >= 4 is 5.91 Å². The Labute approximate surface area is 112 Å². The monoisotopic (exact) mass is 262 g/mol. The number of hydrogen-bond donors (Lipinski definition) is 1. The number of amides is 1. The van der Waals surface area contributed by atoms with Gasteiger partial charge >= 0.3 is 0 Å². The quantitative estimate of drug-likeness (QED) is 0.874. The van der Waals surface area contributed by atoms with Gasteiger partial charge in [0.15, 0.2) is 0 Å². The lowest BCUT2D eigenvalue weighted by molar-refractivity contribution is -0.131. The summed E-state index contributed by atoms with van der Waals surface area (Å²) in [7, 11) is 0. The van der Waals surface area contributed by atoms with Crippen LogP contribution in [0.2, 0.25) is 0 Å². The highest BCUT2D eigenvalue weighted by Crippen LogP contribution is 2.32. The van der Waals surface area contributed by atoms with E-state index in [9.17, 15) is 9.18 Å². The molecule has 2 fully saturated rings. The van der Waals surface area contributed by atoms with Crippen molar-refractivity contribution in [3.05, 3.63) is 35.6 Å². The largest absolute Gasteiger partial charge is 0.339 e. The third-order valence-electron chi connectivity index (χ3n) is 4.52. The highest BCUT2D eigenvalue weighted by Gasteiger charge is 2.43. The molecule has 1 amide bonds. The zero-order chi connectivity index (χ0) is 13.4. The van der Waals surface area contributed by atoms with Gasteiger partial charge in [-0.3, -0.25) is 4.79 Å². The molecule has 19 heavy (non-hydrogen) atoms.